The van der Waals surface area contributed by atoms with Gasteiger partial charge in [0.25, 0.3) is 0 Å². The Bertz CT molecular complexity index is 147. The fraction of sp³-hybridized carbons (Fsp3) is 1.00. The highest BCUT2D eigenvalue weighted by molar-refractivity contribution is 4.75. The zero-order valence-corrected chi connectivity index (χ0v) is 15.3. The molecule has 0 amide bonds. The SMILES string of the molecule is CC.CC.CC(C)C1CCC1.CCCC1CC(C)C1. The molecule has 0 aliphatic heterocycles. The molecular formula is C19H42. The van der Waals surface area contributed by atoms with E-state index in [0.29, 0.717) is 0 Å². The van der Waals surface area contributed by atoms with Crippen LogP contribution in [0.25, 0.3) is 0 Å². The summed E-state index contributed by atoms with van der Waals surface area (Å²) in [5, 5.41) is 0. The van der Waals surface area contributed by atoms with Crippen molar-refractivity contribution in [1.29, 1.82) is 0 Å². The Morgan fingerprint density at radius 3 is 1.58 bits per heavy atom. The first kappa shape index (κ1) is 21.3. The Labute approximate surface area is 124 Å². The van der Waals surface area contributed by atoms with Crippen molar-refractivity contribution in [3.05, 3.63) is 0 Å². The molecule has 118 valence electrons. The summed E-state index contributed by atoms with van der Waals surface area (Å²) in [5.41, 5.74) is 0. The quantitative estimate of drug-likeness (QED) is 0.503. The van der Waals surface area contributed by atoms with Crippen LogP contribution in [-0.4, -0.2) is 0 Å². The summed E-state index contributed by atoms with van der Waals surface area (Å²) in [6.45, 7) is 17.3. The van der Waals surface area contributed by atoms with Crippen molar-refractivity contribution >= 4 is 0 Å². The van der Waals surface area contributed by atoms with Crippen LogP contribution in [0.1, 0.15) is 100 Å². The van der Waals surface area contributed by atoms with Gasteiger partial charge in [0.2, 0.25) is 0 Å². The van der Waals surface area contributed by atoms with Gasteiger partial charge in [0.1, 0.15) is 0 Å². The second-order valence-corrected chi connectivity index (χ2v) is 6.17. The Morgan fingerprint density at radius 1 is 0.947 bits per heavy atom. The van der Waals surface area contributed by atoms with Crippen molar-refractivity contribution in [2.75, 3.05) is 0 Å². The van der Waals surface area contributed by atoms with Gasteiger partial charge in [0.15, 0.2) is 0 Å². The van der Waals surface area contributed by atoms with Crippen molar-refractivity contribution in [3.8, 4) is 0 Å². The number of rotatable bonds is 3. The van der Waals surface area contributed by atoms with Crippen LogP contribution in [0.3, 0.4) is 0 Å². The molecule has 0 aromatic rings. The third kappa shape index (κ3) is 10.4. The normalized spacial score (nSPS) is 24.5. The van der Waals surface area contributed by atoms with E-state index < -0.39 is 0 Å². The molecule has 0 radical (unpaired) electrons. The Morgan fingerprint density at radius 2 is 1.42 bits per heavy atom. The maximum atomic E-state index is 2.35. The van der Waals surface area contributed by atoms with Gasteiger partial charge >= 0.3 is 0 Å². The molecule has 0 spiro atoms. The molecule has 2 rings (SSSR count). The summed E-state index contributed by atoms with van der Waals surface area (Å²) in [7, 11) is 0. The molecule has 0 nitrogen and oxygen atoms in total. The highest BCUT2D eigenvalue weighted by atomic mass is 14.3. The van der Waals surface area contributed by atoms with Gasteiger partial charge in [0.05, 0.1) is 0 Å². The summed E-state index contributed by atoms with van der Waals surface area (Å²) in [6.07, 6.45) is 10.4. The van der Waals surface area contributed by atoms with Crippen molar-refractivity contribution in [3.63, 3.8) is 0 Å². The smallest absolute Gasteiger partial charge is 0.0391 e. The van der Waals surface area contributed by atoms with Crippen LogP contribution in [0.2, 0.25) is 0 Å². The second kappa shape index (κ2) is 14.4. The first-order valence-corrected chi connectivity index (χ1v) is 9.13. The lowest BCUT2D eigenvalue weighted by Gasteiger charge is -2.32. The molecule has 2 aliphatic carbocycles. The van der Waals surface area contributed by atoms with Crippen LogP contribution < -0.4 is 0 Å². The first-order chi connectivity index (χ1) is 9.13. The predicted octanol–water partition coefficient (Wildman–Crippen LogP) is 7.33. The van der Waals surface area contributed by atoms with Crippen molar-refractivity contribution in [2.45, 2.75) is 100 Å². The molecule has 0 heterocycles. The number of hydrogen-bond acceptors (Lipinski definition) is 0. The summed E-state index contributed by atoms with van der Waals surface area (Å²) >= 11 is 0. The van der Waals surface area contributed by atoms with Gasteiger partial charge in [-0.3, -0.25) is 0 Å². The zero-order chi connectivity index (χ0) is 15.3. The monoisotopic (exact) mass is 270 g/mol. The third-order valence-electron chi connectivity index (χ3n) is 4.26. The van der Waals surface area contributed by atoms with Gasteiger partial charge < -0.3 is 0 Å². The molecule has 19 heavy (non-hydrogen) atoms. The molecule has 2 fully saturated rings. The molecular weight excluding hydrogens is 228 g/mol. The Kier molecular flexibility index (Phi) is 16.2. The summed E-state index contributed by atoms with van der Waals surface area (Å²) < 4.78 is 0. The Hall–Kier alpha value is 0. The minimum absolute atomic E-state index is 0.953. The van der Waals surface area contributed by atoms with Gasteiger partial charge in [-0.2, -0.15) is 0 Å². The highest BCUT2D eigenvalue weighted by Gasteiger charge is 2.23. The second-order valence-electron chi connectivity index (χ2n) is 6.17. The molecule has 2 aliphatic rings. The van der Waals surface area contributed by atoms with Crippen molar-refractivity contribution < 1.29 is 0 Å². The van der Waals surface area contributed by atoms with Crippen LogP contribution in [0.4, 0.5) is 0 Å². The van der Waals surface area contributed by atoms with E-state index in [9.17, 15) is 0 Å². The van der Waals surface area contributed by atoms with Crippen LogP contribution in [0, 0.1) is 23.7 Å². The molecule has 0 heteroatoms. The van der Waals surface area contributed by atoms with Crippen LogP contribution >= 0.6 is 0 Å². The van der Waals surface area contributed by atoms with Crippen LogP contribution in [0.5, 0.6) is 0 Å². The third-order valence-corrected chi connectivity index (χ3v) is 4.26. The standard InChI is InChI=1S/C8H16.C7H14.2C2H6/c1-3-4-8-5-7(2)6-8;1-6(2)7-4-3-5-7;2*1-2/h7-8H,3-6H2,1-2H3;6-7H,3-5H2,1-2H3;2*1-2H3. The van der Waals surface area contributed by atoms with Crippen molar-refractivity contribution in [2.24, 2.45) is 23.7 Å². The fourth-order valence-corrected chi connectivity index (χ4v) is 2.82. The zero-order valence-electron chi connectivity index (χ0n) is 15.3. The first-order valence-electron chi connectivity index (χ1n) is 9.13. The lowest BCUT2D eigenvalue weighted by molar-refractivity contribution is 0.198. The van der Waals surface area contributed by atoms with E-state index in [0.717, 1.165) is 23.7 Å². The van der Waals surface area contributed by atoms with Gasteiger partial charge in [-0.15, -0.1) is 0 Å². The van der Waals surface area contributed by atoms with Crippen LogP contribution in [0.15, 0.2) is 0 Å². The molecule has 0 aromatic heterocycles. The summed E-state index contributed by atoms with van der Waals surface area (Å²) in [6, 6.07) is 0. The van der Waals surface area contributed by atoms with E-state index >= 15 is 0 Å². The molecule has 0 atom stereocenters. The average molecular weight is 271 g/mol. The lowest BCUT2D eigenvalue weighted by Crippen LogP contribution is -2.20. The maximum absolute atomic E-state index is 2.35. The van der Waals surface area contributed by atoms with E-state index in [1.807, 2.05) is 27.7 Å². The van der Waals surface area contributed by atoms with Gasteiger partial charge in [-0.25, -0.2) is 0 Å². The molecule has 0 aromatic carbocycles. The van der Waals surface area contributed by atoms with Gasteiger partial charge in [-0.05, 0) is 36.5 Å². The van der Waals surface area contributed by atoms with E-state index in [1.165, 1.54) is 44.9 Å². The van der Waals surface area contributed by atoms with E-state index in [2.05, 4.69) is 27.7 Å². The molecule has 0 saturated heterocycles. The lowest BCUT2D eigenvalue weighted by atomic mass is 9.74. The maximum Gasteiger partial charge on any atom is -0.0391 e. The molecule has 2 saturated carbocycles. The molecule has 0 N–H and O–H groups in total. The van der Waals surface area contributed by atoms with Crippen molar-refractivity contribution in [1.82, 2.24) is 0 Å². The molecule has 0 unspecified atom stereocenters. The Balaban J connectivity index is 0. The van der Waals surface area contributed by atoms with Gasteiger partial charge in [0, 0.05) is 0 Å². The molecule has 0 bridgehead atoms. The van der Waals surface area contributed by atoms with E-state index in [1.54, 1.807) is 0 Å². The van der Waals surface area contributed by atoms with Gasteiger partial charge in [-0.1, -0.05) is 87.5 Å². The fourth-order valence-electron chi connectivity index (χ4n) is 2.82. The summed E-state index contributed by atoms with van der Waals surface area (Å²) in [4.78, 5) is 0. The summed E-state index contributed by atoms with van der Waals surface area (Å²) in [5.74, 6) is 4.19. The van der Waals surface area contributed by atoms with Crippen LogP contribution in [-0.2, 0) is 0 Å². The largest absolute Gasteiger partial charge is 0.0683 e. The highest BCUT2D eigenvalue weighted by Crippen LogP contribution is 2.35. The van der Waals surface area contributed by atoms with E-state index in [4.69, 9.17) is 0 Å². The number of hydrogen-bond donors (Lipinski definition) is 0. The average Bonchev–Trinajstić information content (AvgIpc) is 2.31. The minimum Gasteiger partial charge on any atom is -0.0683 e. The van der Waals surface area contributed by atoms with E-state index in [-0.39, 0.29) is 0 Å². The predicted molar refractivity (Wildman–Crippen MR) is 91.7 cm³/mol. The topological polar surface area (TPSA) is 0 Å². The minimum atomic E-state index is 0.953.